The Kier molecular flexibility index (Phi) is 3.30. The molecule has 0 fully saturated rings. The average Bonchev–Trinajstić information content (AvgIpc) is 2.91. The number of para-hydroxylation sites is 1. The Labute approximate surface area is 115 Å². The van der Waals surface area contributed by atoms with Crippen LogP contribution >= 0.6 is 0 Å². The van der Waals surface area contributed by atoms with Crippen molar-refractivity contribution in [1.82, 2.24) is 20.0 Å². The Morgan fingerprint density at radius 2 is 2.10 bits per heavy atom. The molecule has 0 aliphatic carbocycles. The van der Waals surface area contributed by atoms with Gasteiger partial charge in [-0.2, -0.15) is 0 Å². The minimum atomic E-state index is -0.112. The molecule has 20 heavy (non-hydrogen) atoms. The second kappa shape index (κ2) is 5.26. The van der Waals surface area contributed by atoms with Crippen molar-refractivity contribution < 1.29 is 4.52 Å². The number of nitrogens with zero attached hydrogens (tertiary/aromatic N) is 3. The molecule has 0 radical (unpaired) electrons. The van der Waals surface area contributed by atoms with Crippen LogP contribution < -0.4 is 5.56 Å². The van der Waals surface area contributed by atoms with E-state index < -0.39 is 0 Å². The highest BCUT2D eigenvalue weighted by Gasteiger charge is 2.08. The van der Waals surface area contributed by atoms with E-state index in [4.69, 9.17) is 4.52 Å². The van der Waals surface area contributed by atoms with E-state index in [0.29, 0.717) is 29.8 Å². The van der Waals surface area contributed by atoms with Gasteiger partial charge in [0.1, 0.15) is 5.82 Å². The van der Waals surface area contributed by atoms with E-state index in [0.717, 1.165) is 5.76 Å². The van der Waals surface area contributed by atoms with Gasteiger partial charge in [0.15, 0.2) is 5.76 Å². The highest BCUT2D eigenvalue weighted by molar-refractivity contribution is 5.77. The van der Waals surface area contributed by atoms with Crippen LogP contribution in [-0.4, -0.2) is 27.1 Å². The lowest BCUT2D eigenvalue weighted by Gasteiger charge is -2.14. The third-order valence-electron chi connectivity index (χ3n) is 3.00. The molecular weight excluding hydrogens is 256 g/mol. The first kappa shape index (κ1) is 12.6. The lowest BCUT2D eigenvalue weighted by molar-refractivity contribution is 0.262. The van der Waals surface area contributed by atoms with E-state index in [1.807, 2.05) is 36.2 Å². The van der Waals surface area contributed by atoms with Crippen LogP contribution in [0.4, 0.5) is 0 Å². The molecule has 3 rings (SSSR count). The van der Waals surface area contributed by atoms with Crippen molar-refractivity contribution in [3.05, 3.63) is 58.5 Å². The van der Waals surface area contributed by atoms with E-state index in [1.54, 1.807) is 12.3 Å². The van der Waals surface area contributed by atoms with Crippen molar-refractivity contribution in [2.75, 3.05) is 7.05 Å². The van der Waals surface area contributed by atoms with Crippen LogP contribution in [0.3, 0.4) is 0 Å². The minimum absolute atomic E-state index is 0.112. The van der Waals surface area contributed by atoms with Crippen LogP contribution in [0.25, 0.3) is 10.9 Å². The summed E-state index contributed by atoms with van der Waals surface area (Å²) in [4.78, 5) is 21.2. The monoisotopic (exact) mass is 270 g/mol. The van der Waals surface area contributed by atoms with Crippen LogP contribution in [0, 0.1) is 0 Å². The maximum atomic E-state index is 12.0. The van der Waals surface area contributed by atoms with Gasteiger partial charge in [0, 0.05) is 6.07 Å². The van der Waals surface area contributed by atoms with E-state index in [2.05, 4.69) is 15.1 Å². The number of fused-ring (bicyclic) bond motifs is 1. The minimum Gasteiger partial charge on any atom is -0.360 e. The fourth-order valence-corrected chi connectivity index (χ4v) is 2.11. The quantitative estimate of drug-likeness (QED) is 0.778. The summed E-state index contributed by atoms with van der Waals surface area (Å²) in [5.74, 6) is 1.41. The molecule has 1 aromatic carbocycles. The van der Waals surface area contributed by atoms with Crippen LogP contribution in [-0.2, 0) is 13.1 Å². The van der Waals surface area contributed by atoms with E-state index in [9.17, 15) is 4.79 Å². The Balaban J connectivity index is 1.82. The van der Waals surface area contributed by atoms with Crippen molar-refractivity contribution in [1.29, 1.82) is 0 Å². The standard InChI is InChI=1S/C14H14N4O2/c1-18(8-10-6-7-15-20-10)9-13-16-12-5-3-2-4-11(12)14(19)17-13/h2-7H,8-9H2,1H3,(H,16,17,19). The van der Waals surface area contributed by atoms with Gasteiger partial charge in [0.05, 0.1) is 30.2 Å². The summed E-state index contributed by atoms with van der Waals surface area (Å²) in [5.41, 5.74) is 0.595. The van der Waals surface area contributed by atoms with E-state index >= 15 is 0 Å². The largest absolute Gasteiger partial charge is 0.360 e. The molecule has 1 N–H and O–H groups in total. The van der Waals surface area contributed by atoms with Crippen molar-refractivity contribution in [2.24, 2.45) is 0 Å². The first-order valence-electron chi connectivity index (χ1n) is 6.28. The molecule has 0 saturated carbocycles. The van der Waals surface area contributed by atoms with Gasteiger partial charge in [0.2, 0.25) is 0 Å². The lowest BCUT2D eigenvalue weighted by Crippen LogP contribution is -2.21. The van der Waals surface area contributed by atoms with E-state index in [-0.39, 0.29) is 5.56 Å². The van der Waals surface area contributed by atoms with Crippen molar-refractivity contribution in [3.8, 4) is 0 Å². The molecular formula is C14H14N4O2. The summed E-state index contributed by atoms with van der Waals surface area (Å²) < 4.78 is 5.05. The summed E-state index contributed by atoms with van der Waals surface area (Å²) in [6, 6.07) is 9.12. The Morgan fingerprint density at radius 1 is 1.25 bits per heavy atom. The number of H-pyrrole nitrogens is 1. The fourth-order valence-electron chi connectivity index (χ4n) is 2.11. The normalized spacial score (nSPS) is 11.3. The van der Waals surface area contributed by atoms with Gasteiger partial charge in [-0.1, -0.05) is 17.3 Å². The van der Waals surface area contributed by atoms with Gasteiger partial charge in [-0.3, -0.25) is 9.69 Å². The number of hydrogen-bond donors (Lipinski definition) is 1. The number of aromatic nitrogens is 3. The maximum Gasteiger partial charge on any atom is 0.258 e. The van der Waals surface area contributed by atoms with Gasteiger partial charge in [-0.15, -0.1) is 0 Å². The molecule has 0 aliphatic heterocycles. The number of aromatic amines is 1. The molecule has 102 valence electrons. The highest BCUT2D eigenvalue weighted by atomic mass is 16.5. The Hall–Kier alpha value is -2.47. The van der Waals surface area contributed by atoms with Gasteiger partial charge in [-0.25, -0.2) is 4.98 Å². The molecule has 6 heteroatoms. The van der Waals surface area contributed by atoms with Gasteiger partial charge in [-0.05, 0) is 19.2 Å². The first-order chi connectivity index (χ1) is 9.72. The smallest absolute Gasteiger partial charge is 0.258 e. The number of nitrogens with one attached hydrogen (secondary N) is 1. The molecule has 0 saturated heterocycles. The third-order valence-corrected chi connectivity index (χ3v) is 3.00. The molecule has 0 aliphatic rings. The maximum absolute atomic E-state index is 12.0. The van der Waals surface area contributed by atoms with Crippen molar-refractivity contribution in [3.63, 3.8) is 0 Å². The number of benzene rings is 1. The highest BCUT2D eigenvalue weighted by Crippen LogP contribution is 2.08. The fraction of sp³-hybridized carbons (Fsp3) is 0.214. The Bertz CT molecular complexity index is 764. The predicted octanol–water partition coefficient (Wildman–Crippen LogP) is 1.54. The topological polar surface area (TPSA) is 75.0 Å². The molecule has 3 aromatic rings. The summed E-state index contributed by atoms with van der Waals surface area (Å²) >= 11 is 0. The first-order valence-corrected chi connectivity index (χ1v) is 6.28. The summed E-state index contributed by atoms with van der Waals surface area (Å²) in [6.45, 7) is 1.14. The molecule has 0 bridgehead atoms. The molecule has 2 heterocycles. The lowest BCUT2D eigenvalue weighted by atomic mass is 10.2. The molecule has 0 amide bonds. The van der Waals surface area contributed by atoms with Gasteiger partial charge >= 0.3 is 0 Å². The van der Waals surface area contributed by atoms with Gasteiger partial charge < -0.3 is 9.51 Å². The zero-order valence-electron chi connectivity index (χ0n) is 11.0. The van der Waals surface area contributed by atoms with Crippen LogP contribution in [0.1, 0.15) is 11.6 Å². The van der Waals surface area contributed by atoms with Gasteiger partial charge in [0.25, 0.3) is 5.56 Å². The number of rotatable bonds is 4. The molecule has 6 nitrogen and oxygen atoms in total. The predicted molar refractivity (Wildman–Crippen MR) is 74.0 cm³/mol. The molecule has 0 unspecified atom stereocenters. The van der Waals surface area contributed by atoms with E-state index in [1.165, 1.54) is 0 Å². The summed E-state index contributed by atoms with van der Waals surface area (Å²) in [6.07, 6.45) is 1.61. The van der Waals surface area contributed by atoms with Crippen LogP contribution in [0.15, 0.2) is 45.8 Å². The zero-order chi connectivity index (χ0) is 13.9. The average molecular weight is 270 g/mol. The number of hydrogen-bond acceptors (Lipinski definition) is 5. The van der Waals surface area contributed by atoms with Crippen molar-refractivity contribution in [2.45, 2.75) is 13.1 Å². The molecule has 2 aromatic heterocycles. The molecule has 0 spiro atoms. The second-order valence-corrected chi connectivity index (χ2v) is 4.68. The van der Waals surface area contributed by atoms with Crippen molar-refractivity contribution >= 4 is 10.9 Å². The summed E-state index contributed by atoms with van der Waals surface area (Å²) in [5, 5.41) is 4.27. The summed E-state index contributed by atoms with van der Waals surface area (Å²) in [7, 11) is 1.93. The Morgan fingerprint density at radius 3 is 2.90 bits per heavy atom. The SMILES string of the molecule is CN(Cc1nc2ccccc2c(=O)[nH]1)Cc1ccno1. The van der Waals surface area contributed by atoms with Crippen LogP contribution in [0.5, 0.6) is 0 Å². The molecule has 0 atom stereocenters. The van der Waals surface area contributed by atoms with Crippen LogP contribution in [0.2, 0.25) is 0 Å². The third kappa shape index (κ3) is 2.60. The zero-order valence-corrected chi connectivity index (χ0v) is 11.0. The second-order valence-electron chi connectivity index (χ2n) is 4.68.